The molecular weight excluding hydrogens is 174 g/mol. The second kappa shape index (κ2) is 3.83. The number of rotatable bonds is 3. The van der Waals surface area contributed by atoms with E-state index in [2.05, 4.69) is 18.1 Å². The molecule has 0 aliphatic heterocycles. The van der Waals surface area contributed by atoms with Gasteiger partial charge in [0.15, 0.2) is 0 Å². The van der Waals surface area contributed by atoms with E-state index < -0.39 is 0 Å². The smallest absolute Gasteiger partial charge is 0.102 e. The van der Waals surface area contributed by atoms with Crippen molar-refractivity contribution in [2.75, 3.05) is 0 Å². The molecule has 0 radical (unpaired) electrons. The molecule has 0 N–H and O–H groups in total. The molecule has 1 aliphatic carbocycles. The Bertz CT molecular complexity index is 344. The first-order valence-corrected chi connectivity index (χ1v) is 5.22. The van der Waals surface area contributed by atoms with Gasteiger partial charge >= 0.3 is 0 Å². The third-order valence-electron chi connectivity index (χ3n) is 3.19. The highest BCUT2D eigenvalue weighted by Gasteiger charge is 2.24. The van der Waals surface area contributed by atoms with E-state index in [1.54, 1.807) is 6.20 Å². The Morgan fingerprint density at radius 3 is 3.00 bits per heavy atom. The average Bonchev–Trinajstić information content (AvgIpc) is 2.48. The van der Waals surface area contributed by atoms with E-state index >= 15 is 0 Å². The fraction of sp³-hybridized carbons (Fsp3) is 0.636. The second-order valence-electron chi connectivity index (χ2n) is 4.23. The Balaban J connectivity index is 1.93. The van der Waals surface area contributed by atoms with Crippen molar-refractivity contribution in [3.63, 3.8) is 0 Å². The van der Waals surface area contributed by atoms with Gasteiger partial charge in [-0.15, -0.1) is 0 Å². The molecule has 1 aromatic rings. The average molecular weight is 189 g/mol. The molecule has 1 heterocycles. The normalized spacial score (nSPS) is 18.6. The summed E-state index contributed by atoms with van der Waals surface area (Å²) in [4.78, 5) is 0. The third-order valence-corrected chi connectivity index (χ3v) is 3.19. The van der Waals surface area contributed by atoms with Crippen molar-refractivity contribution in [2.45, 2.75) is 32.7 Å². The molecule has 0 aromatic carbocycles. The zero-order chi connectivity index (χ0) is 9.97. The Hall–Kier alpha value is -1.30. The highest BCUT2D eigenvalue weighted by Crippen LogP contribution is 2.33. The summed E-state index contributed by atoms with van der Waals surface area (Å²) >= 11 is 0. The van der Waals surface area contributed by atoms with Crippen molar-refractivity contribution in [1.29, 1.82) is 5.26 Å². The summed E-state index contributed by atoms with van der Waals surface area (Å²) in [7, 11) is 0. The molecular formula is C11H15N3. The Kier molecular flexibility index (Phi) is 2.53. The summed E-state index contributed by atoms with van der Waals surface area (Å²) in [6.07, 6.45) is 7.58. The van der Waals surface area contributed by atoms with Gasteiger partial charge in [0.2, 0.25) is 0 Å². The quantitative estimate of drug-likeness (QED) is 0.731. The fourth-order valence-corrected chi connectivity index (χ4v) is 1.97. The molecule has 1 fully saturated rings. The SMILES string of the molecule is CC(Cn1cc(C#N)cn1)C1CCC1. The van der Waals surface area contributed by atoms with Crippen LogP contribution in [-0.2, 0) is 6.54 Å². The van der Waals surface area contributed by atoms with Crippen LogP contribution in [0.5, 0.6) is 0 Å². The Morgan fingerprint density at radius 1 is 1.71 bits per heavy atom. The maximum atomic E-state index is 8.65. The first-order chi connectivity index (χ1) is 6.79. The zero-order valence-corrected chi connectivity index (χ0v) is 8.48. The topological polar surface area (TPSA) is 41.6 Å². The van der Waals surface area contributed by atoms with Crippen LogP contribution in [0, 0.1) is 23.2 Å². The Morgan fingerprint density at radius 2 is 2.50 bits per heavy atom. The second-order valence-corrected chi connectivity index (χ2v) is 4.23. The van der Waals surface area contributed by atoms with Gasteiger partial charge in [-0.3, -0.25) is 4.68 Å². The fourth-order valence-electron chi connectivity index (χ4n) is 1.97. The maximum absolute atomic E-state index is 8.65. The lowest BCUT2D eigenvalue weighted by atomic mass is 9.77. The van der Waals surface area contributed by atoms with E-state index in [-0.39, 0.29) is 0 Å². The molecule has 1 unspecified atom stereocenters. The standard InChI is InChI=1S/C11H15N3/c1-9(11-3-2-4-11)7-14-8-10(5-12)6-13-14/h6,8-9,11H,2-4,7H2,1H3. The highest BCUT2D eigenvalue weighted by molar-refractivity contribution is 5.21. The molecule has 1 atom stereocenters. The number of nitrogens with zero attached hydrogens (tertiary/aromatic N) is 3. The molecule has 74 valence electrons. The molecule has 1 aromatic heterocycles. The summed E-state index contributed by atoms with van der Waals surface area (Å²) in [5, 5.41) is 12.8. The van der Waals surface area contributed by atoms with E-state index in [4.69, 9.17) is 5.26 Å². The van der Waals surface area contributed by atoms with Gasteiger partial charge in [-0.1, -0.05) is 26.2 Å². The summed E-state index contributed by atoms with van der Waals surface area (Å²) in [5.41, 5.74) is 0.658. The minimum atomic E-state index is 0.658. The maximum Gasteiger partial charge on any atom is 0.102 e. The minimum absolute atomic E-state index is 0.658. The Labute approximate surface area is 84.3 Å². The van der Waals surface area contributed by atoms with Crippen LogP contribution in [0.25, 0.3) is 0 Å². The lowest BCUT2D eigenvalue weighted by molar-refractivity contribution is 0.196. The summed E-state index contributed by atoms with van der Waals surface area (Å²) in [5.74, 6) is 1.57. The van der Waals surface area contributed by atoms with Crippen LogP contribution in [0.15, 0.2) is 12.4 Å². The van der Waals surface area contributed by atoms with Gasteiger partial charge < -0.3 is 0 Å². The molecule has 0 bridgehead atoms. The largest absolute Gasteiger partial charge is 0.271 e. The molecule has 3 heteroatoms. The summed E-state index contributed by atoms with van der Waals surface area (Å²) in [6, 6.07) is 2.09. The molecule has 3 nitrogen and oxygen atoms in total. The molecule has 2 rings (SSSR count). The van der Waals surface area contributed by atoms with Crippen molar-refractivity contribution in [3.05, 3.63) is 18.0 Å². The van der Waals surface area contributed by atoms with Gasteiger partial charge in [-0.2, -0.15) is 10.4 Å². The monoisotopic (exact) mass is 189 g/mol. The van der Waals surface area contributed by atoms with Crippen LogP contribution in [0.1, 0.15) is 31.7 Å². The van der Waals surface area contributed by atoms with Crippen LogP contribution in [0.2, 0.25) is 0 Å². The van der Waals surface area contributed by atoms with Crippen LogP contribution in [0.3, 0.4) is 0 Å². The molecule has 0 saturated heterocycles. The van der Waals surface area contributed by atoms with E-state index in [0.29, 0.717) is 11.5 Å². The van der Waals surface area contributed by atoms with Crippen LogP contribution < -0.4 is 0 Å². The minimum Gasteiger partial charge on any atom is -0.271 e. The molecule has 1 aliphatic rings. The predicted octanol–water partition coefficient (Wildman–Crippen LogP) is 2.19. The van der Waals surface area contributed by atoms with E-state index in [1.807, 2.05) is 10.9 Å². The van der Waals surface area contributed by atoms with Crippen molar-refractivity contribution in [1.82, 2.24) is 9.78 Å². The molecule has 0 amide bonds. The molecule has 14 heavy (non-hydrogen) atoms. The van der Waals surface area contributed by atoms with Crippen molar-refractivity contribution >= 4 is 0 Å². The lowest BCUT2D eigenvalue weighted by Crippen LogP contribution is -2.23. The first-order valence-electron chi connectivity index (χ1n) is 5.22. The van der Waals surface area contributed by atoms with Gasteiger partial charge in [0.05, 0.1) is 11.8 Å². The van der Waals surface area contributed by atoms with Crippen molar-refractivity contribution in [2.24, 2.45) is 11.8 Å². The van der Waals surface area contributed by atoms with Gasteiger partial charge in [0.25, 0.3) is 0 Å². The van der Waals surface area contributed by atoms with Crippen molar-refractivity contribution < 1.29 is 0 Å². The van der Waals surface area contributed by atoms with E-state index in [1.165, 1.54) is 19.3 Å². The van der Waals surface area contributed by atoms with E-state index in [9.17, 15) is 0 Å². The summed E-state index contributed by atoms with van der Waals surface area (Å²) < 4.78 is 1.89. The van der Waals surface area contributed by atoms with Gasteiger partial charge in [0.1, 0.15) is 6.07 Å². The summed E-state index contributed by atoms with van der Waals surface area (Å²) in [6.45, 7) is 3.23. The van der Waals surface area contributed by atoms with Gasteiger partial charge in [-0.25, -0.2) is 0 Å². The first kappa shape index (κ1) is 9.26. The third kappa shape index (κ3) is 1.79. The number of hydrogen-bond donors (Lipinski definition) is 0. The molecule has 0 spiro atoms. The number of hydrogen-bond acceptors (Lipinski definition) is 2. The van der Waals surface area contributed by atoms with E-state index in [0.717, 1.165) is 12.5 Å². The predicted molar refractivity (Wildman–Crippen MR) is 53.4 cm³/mol. The van der Waals surface area contributed by atoms with Crippen LogP contribution >= 0.6 is 0 Å². The number of nitriles is 1. The molecule has 1 saturated carbocycles. The lowest BCUT2D eigenvalue weighted by Gasteiger charge is -2.31. The van der Waals surface area contributed by atoms with Crippen LogP contribution in [0.4, 0.5) is 0 Å². The van der Waals surface area contributed by atoms with Crippen molar-refractivity contribution in [3.8, 4) is 6.07 Å². The van der Waals surface area contributed by atoms with Crippen LogP contribution in [-0.4, -0.2) is 9.78 Å². The highest BCUT2D eigenvalue weighted by atomic mass is 15.3. The number of aromatic nitrogens is 2. The zero-order valence-electron chi connectivity index (χ0n) is 8.48. The van der Waals surface area contributed by atoms with Gasteiger partial charge in [-0.05, 0) is 11.8 Å². The van der Waals surface area contributed by atoms with Gasteiger partial charge in [0, 0.05) is 12.7 Å².